The molecule has 150 valence electrons. The topological polar surface area (TPSA) is 46.9 Å². The highest BCUT2D eigenvalue weighted by atomic mass is 79.9. The number of benzene rings is 3. The van der Waals surface area contributed by atoms with Crippen LogP contribution in [0.2, 0.25) is 0 Å². The summed E-state index contributed by atoms with van der Waals surface area (Å²) < 4.78 is 46.2. The summed E-state index contributed by atoms with van der Waals surface area (Å²) in [5.41, 5.74) is -1.97. The molecular weight excluding hydrogens is 459 g/mol. The monoisotopic (exact) mass is 471 g/mol. The number of anilines is 1. The molecule has 3 aromatic carbocycles. The number of rotatable bonds is 2. The van der Waals surface area contributed by atoms with Crippen LogP contribution in [-0.2, 0) is 5.66 Å². The number of carbonyl (C=O) groups excluding carboxylic acids is 1. The van der Waals surface area contributed by atoms with Gasteiger partial charge in [0, 0.05) is 21.3 Å². The maximum Gasteiger partial charge on any atom is 0.438 e. The first-order chi connectivity index (χ1) is 14.3. The van der Waals surface area contributed by atoms with E-state index >= 15 is 0 Å². The highest BCUT2D eigenvalue weighted by Gasteiger charge is 2.65. The van der Waals surface area contributed by atoms with Gasteiger partial charge >= 0.3 is 6.18 Å². The molecule has 0 saturated heterocycles. The summed E-state index contributed by atoms with van der Waals surface area (Å²) in [6, 6.07) is 19.0. The number of hydrogen-bond donors (Lipinski definition) is 1. The van der Waals surface area contributed by atoms with Crippen molar-refractivity contribution in [3.05, 3.63) is 82.8 Å². The van der Waals surface area contributed by atoms with E-state index in [1.165, 1.54) is 24.3 Å². The number of para-hydroxylation sites is 3. The van der Waals surface area contributed by atoms with Crippen LogP contribution < -0.4 is 5.32 Å². The minimum atomic E-state index is -4.96. The zero-order chi connectivity index (χ0) is 21.1. The third-order valence-electron chi connectivity index (χ3n) is 5.20. The van der Waals surface area contributed by atoms with Gasteiger partial charge in [-0.2, -0.15) is 13.2 Å². The van der Waals surface area contributed by atoms with E-state index in [4.69, 9.17) is 0 Å². The van der Waals surface area contributed by atoms with Crippen molar-refractivity contribution in [3.8, 4) is 11.4 Å². The summed E-state index contributed by atoms with van der Waals surface area (Å²) in [7, 11) is 0. The number of imidazole rings is 1. The highest BCUT2D eigenvalue weighted by molar-refractivity contribution is 9.10. The quantitative estimate of drug-likeness (QED) is 0.390. The van der Waals surface area contributed by atoms with E-state index in [1.54, 1.807) is 48.5 Å². The largest absolute Gasteiger partial charge is 0.438 e. The van der Waals surface area contributed by atoms with Gasteiger partial charge in [0.2, 0.25) is 5.78 Å². The number of hydrogen-bond acceptors (Lipinski definition) is 3. The zero-order valence-corrected chi connectivity index (χ0v) is 16.8. The third-order valence-corrected chi connectivity index (χ3v) is 5.69. The van der Waals surface area contributed by atoms with Crippen molar-refractivity contribution in [1.29, 1.82) is 0 Å². The molecular formula is C22H13BrF3N3O. The van der Waals surface area contributed by atoms with Crippen LogP contribution in [0.25, 0.3) is 22.4 Å². The van der Waals surface area contributed by atoms with Crippen molar-refractivity contribution >= 4 is 38.4 Å². The van der Waals surface area contributed by atoms with Crippen LogP contribution in [0.4, 0.5) is 18.9 Å². The third kappa shape index (κ3) is 2.53. The molecule has 1 N–H and O–H groups in total. The molecule has 0 bridgehead atoms. The Morgan fingerprint density at radius 2 is 1.63 bits per heavy atom. The fraction of sp³-hybridized carbons (Fsp3) is 0.0909. The van der Waals surface area contributed by atoms with E-state index in [9.17, 15) is 18.0 Å². The Morgan fingerprint density at radius 1 is 0.933 bits per heavy atom. The lowest BCUT2D eigenvalue weighted by atomic mass is 9.88. The second-order valence-electron chi connectivity index (χ2n) is 6.98. The molecule has 0 amide bonds. The predicted molar refractivity (Wildman–Crippen MR) is 111 cm³/mol. The number of nitrogens with zero attached hydrogens (tertiary/aromatic N) is 2. The van der Waals surface area contributed by atoms with E-state index in [0.29, 0.717) is 15.6 Å². The predicted octanol–water partition coefficient (Wildman–Crippen LogP) is 5.99. The number of ketones is 1. The number of fused-ring (bicyclic) bond motifs is 5. The Kier molecular flexibility index (Phi) is 4.05. The fourth-order valence-electron chi connectivity index (χ4n) is 3.91. The van der Waals surface area contributed by atoms with E-state index < -0.39 is 17.6 Å². The van der Waals surface area contributed by atoms with Crippen LogP contribution in [0.1, 0.15) is 10.4 Å². The average molecular weight is 472 g/mol. The molecule has 5 rings (SSSR count). The molecule has 1 aromatic heterocycles. The SMILES string of the molecule is O=C1c2ccc(Br)cc2-c2nc3ccccc3n2C1(Nc1ccccc1)C(F)(F)F. The minimum Gasteiger partial charge on any atom is -0.348 e. The van der Waals surface area contributed by atoms with Gasteiger partial charge in [-0.3, -0.25) is 9.36 Å². The summed E-state index contributed by atoms with van der Waals surface area (Å²) in [5, 5.41) is 2.51. The molecule has 2 heterocycles. The minimum absolute atomic E-state index is 0.0400. The first kappa shape index (κ1) is 18.9. The summed E-state index contributed by atoms with van der Waals surface area (Å²) in [5.74, 6) is -1.01. The molecule has 0 radical (unpaired) electrons. The number of alkyl halides is 3. The van der Waals surface area contributed by atoms with Gasteiger partial charge in [0.1, 0.15) is 5.82 Å². The number of aromatic nitrogens is 2. The molecule has 0 aliphatic carbocycles. The molecule has 4 nitrogen and oxygen atoms in total. The lowest BCUT2D eigenvalue weighted by Crippen LogP contribution is -2.61. The number of carbonyl (C=O) groups is 1. The molecule has 0 spiro atoms. The molecule has 1 atom stereocenters. The molecule has 1 unspecified atom stereocenters. The van der Waals surface area contributed by atoms with Crippen LogP contribution >= 0.6 is 15.9 Å². The Morgan fingerprint density at radius 3 is 2.37 bits per heavy atom. The molecule has 30 heavy (non-hydrogen) atoms. The summed E-state index contributed by atoms with van der Waals surface area (Å²) in [6.07, 6.45) is -4.96. The molecule has 1 aliphatic heterocycles. The van der Waals surface area contributed by atoms with Gasteiger partial charge in [-0.25, -0.2) is 4.98 Å². The lowest BCUT2D eigenvalue weighted by molar-refractivity contribution is -0.186. The molecule has 0 fully saturated rings. The average Bonchev–Trinajstić information content (AvgIpc) is 3.11. The maximum atomic E-state index is 14.8. The number of halogens is 4. The van der Waals surface area contributed by atoms with Gasteiger partial charge in [-0.1, -0.05) is 46.3 Å². The molecule has 0 saturated carbocycles. The Bertz CT molecular complexity index is 1300. The Labute approximate surface area is 177 Å². The lowest BCUT2D eigenvalue weighted by Gasteiger charge is -2.41. The van der Waals surface area contributed by atoms with Gasteiger partial charge < -0.3 is 5.32 Å². The standard InChI is InChI=1S/C22H13BrF3N3O/c23-13-10-11-15-16(12-13)20-27-17-8-4-5-9-18(17)29(20)21(19(15)30,22(24,25)26)28-14-6-2-1-3-7-14/h1-12,28H. The molecule has 1 aliphatic rings. The maximum absolute atomic E-state index is 14.8. The molecule has 8 heteroatoms. The van der Waals surface area contributed by atoms with Crippen LogP contribution in [0.3, 0.4) is 0 Å². The van der Waals surface area contributed by atoms with Gasteiger partial charge in [0.15, 0.2) is 0 Å². The van der Waals surface area contributed by atoms with E-state index in [2.05, 4.69) is 26.2 Å². The van der Waals surface area contributed by atoms with E-state index in [1.807, 2.05) is 0 Å². The van der Waals surface area contributed by atoms with Gasteiger partial charge in [0.25, 0.3) is 5.66 Å². The van der Waals surface area contributed by atoms with Crippen molar-refractivity contribution < 1.29 is 18.0 Å². The number of nitrogens with one attached hydrogen (secondary N) is 1. The van der Waals surface area contributed by atoms with Gasteiger partial charge in [-0.15, -0.1) is 0 Å². The smallest absolute Gasteiger partial charge is 0.348 e. The summed E-state index contributed by atoms with van der Waals surface area (Å²) in [6.45, 7) is 0. The number of Topliss-reactive ketones (excluding diaryl/α,β-unsaturated/α-hetero) is 1. The van der Waals surface area contributed by atoms with Gasteiger partial charge in [0.05, 0.1) is 11.0 Å². The van der Waals surface area contributed by atoms with Crippen LogP contribution in [0.5, 0.6) is 0 Å². The Hall–Kier alpha value is -3.13. The van der Waals surface area contributed by atoms with Crippen LogP contribution in [0.15, 0.2) is 77.3 Å². The zero-order valence-electron chi connectivity index (χ0n) is 15.2. The van der Waals surface area contributed by atoms with Gasteiger partial charge in [-0.05, 0) is 42.5 Å². The fourth-order valence-corrected chi connectivity index (χ4v) is 4.27. The van der Waals surface area contributed by atoms with Crippen molar-refractivity contribution in [2.24, 2.45) is 0 Å². The summed E-state index contributed by atoms with van der Waals surface area (Å²) in [4.78, 5) is 18.0. The summed E-state index contributed by atoms with van der Waals surface area (Å²) >= 11 is 3.34. The van der Waals surface area contributed by atoms with Crippen molar-refractivity contribution in [2.75, 3.05) is 5.32 Å². The van der Waals surface area contributed by atoms with E-state index in [-0.39, 0.29) is 22.6 Å². The normalized spacial score (nSPS) is 18.2. The van der Waals surface area contributed by atoms with Crippen LogP contribution in [-0.4, -0.2) is 21.5 Å². The highest BCUT2D eigenvalue weighted by Crippen LogP contribution is 2.49. The van der Waals surface area contributed by atoms with Crippen molar-refractivity contribution in [3.63, 3.8) is 0 Å². The van der Waals surface area contributed by atoms with Crippen molar-refractivity contribution in [1.82, 2.24) is 9.55 Å². The van der Waals surface area contributed by atoms with E-state index in [0.717, 1.165) is 4.57 Å². The van der Waals surface area contributed by atoms with Crippen molar-refractivity contribution in [2.45, 2.75) is 11.8 Å². The second kappa shape index (κ2) is 6.43. The second-order valence-corrected chi connectivity index (χ2v) is 7.89. The first-order valence-electron chi connectivity index (χ1n) is 9.05. The molecule has 4 aromatic rings. The first-order valence-corrected chi connectivity index (χ1v) is 9.85. The van der Waals surface area contributed by atoms with Crippen LogP contribution in [0, 0.1) is 0 Å². The Balaban J connectivity index is 1.92.